The highest BCUT2D eigenvalue weighted by atomic mass is 79.9. The van der Waals surface area contributed by atoms with Crippen molar-refractivity contribution in [1.82, 2.24) is 9.55 Å². The van der Waals surface area contributed by atoms with Crippen molar-refractivity contribution >= 4 is 15.9 Å². The molecule has 0 radical (unpaired) electrons. The van der Waals surface area contributed by atoms with Crippen molar-refractivity contribution in [3.8, 4) is 0 Å². The standard InChI is InChI=1S/C11H17BrN2/c1-14-8-13-10(11(14)12)7-6-9-4-2-3-5-9/h8-9H,2-7H2,1H3. The Morgan fingerprint density at radius 2 is 2.21 bits per heavy atom. The van der Waals surface area contributed by atoms with Gasteiger partial charge in [0, 0.05) is 7.05 Å². The molecule has 1 heterocycles. The van der Waals surface area contributed by atoms with E-state index in [0.29, 0.717) is 0 Å². The number of rotatable bonds is 3. The highest BCUT2D eigenvalue weighted by molar-refractivity contribution is 9.10. The minimum absolute atomic E-state index is 0.962. The molecule has 2 rings (SSSR count). The van der Waals surface area contributed by atoms with Crippen molar-refractivity contribution in [2.24, 2.45) is 13.0 Å². The van der Waals surface area contributed by atoms with Crippen LogP contribution in [0.15, 0.2) is 10.9 Å². The number of halogens is 1. The fraction of sp³-hybridized carbons (Fsp3) is 0.727. The maximum atomic E-state index is 4.39. The van der Waals surface area contributed by atoms with Gasteiger partial charge in [-0.3, -0.25) is 0 Å². The van der Waals surface area contributed by atoms with Gasteiger partial charge in [0.25, 0.3) is 0 Å². The van der Waals surface area contributed by atoms with Crippen molar-refractivity contribution in [3.63, 3.8) is 0 Å². The summed E-state index contributed by atoms with van der Waals surface area (Å²) in [4.78, 5) is 4.39. The number of aryl methyl sites for hydroxylation is 2. The Labute approximate surface area is 93.9 Å². The minimum Gasteiger partial charge on any atom is -0.328 e. The van der Waals surface area contributed by atoms with Crippen LogP contribution in [0.5, 0.6) is 0 Å². The van der Waals surface area contributed by atoms with E-state index in [1.807, 2.05) is 17.9 Å². The van der Waals surface area contributed by atoms with E-state index in [0.717, 1.165) is 16.9 Å². The Hall–Kier alpha value is -0.310. The molecule has 1 fully saturated rings. The first-order valence-corrected chi connectivity index (χ1v) is 6.22. The first kappa shape index (κ1) is 10.2. The number of imidazole rings is 1. The summed E-state index contributed by atoms with van der Waals surface area (Å²) in [5.41, 5.74) is 1.22. The maximum Gasteiger partial charge on any atom is 0.107 e. The van der Waals surface area contributed by atoms with E-state index >= 15 is 0 Å². The lowest BCUT2D eigenvalue weighted by Crippen LogP contribution is -1.97. The second kappa shape index (κ2) is 4.47. The Balaban J connectivity index is 1.88. The molecule has 78 valence electrons. The largest absolute Gasteiger partial charge is 0.328 e. The lowest BCUT2D eigenvalue weighted by atomic mass is 10.0. The molecule has 0 N–H and O–H groups in total. The van der Waals surface area contributed by atoms with Gasteiger partial charge in [-0.15, -0.1) is 0 Å². The van der Waals surface area contributed by atoms with Crippen LogP contribution in [-0.2, 0) is 13.5 Å². The molecule has 0 spiro atoms. The zero-order valence-corrected chi connectivity index (χ0v) is 10.3. The molecule has 0 atom stereocenters. The molecule has 1 aliphatic carbocycles. The Bertz CT molecular complexity index is 300. The molecule has 2 nitrogen and oxygen atoms in total. The minimum atomic E-state index is 0.962. The normalized spacial score (nSPS) is 17.9. The van der Waals surface area contributed by atoms with Gasteiger partial charge in [0.05, 0.1) is 12.0 Å². The first-order chi connectivity index (χ1) is 6.77. The van der Waals surface area contributed by atoms with Gasteiger partial charge in [0.15, 0.2) is 0 Å². The highest BCUT2D eigenvalue weighted by Crippen LogP contribution is 2.29. The summed E-state index contributed by atoms with van der Waals surface area (Å²) >= 11 is 3.56. The van der Waals surface area contributed by atoms with Crippen LogP contribution in [0.2, 0.25) is 0 Å². The van der Waals surface area contributed by atoms with Gasteiger partial charge in [-0.2, -0.15) is 0 Å². The fourth-order valence-electron chi connectivity index (χ4n) is 2.27. The summed E-state index contributed by atoms with van der Waals surface area (Å²) in [5.74, 6) is 0.962. The summed E-state index contributed by atoms with van der Waals surface area (Å²) in [7, 11) is 2.02. The zero-order chi connectivity index (χ0) is 9.97. The van der Waals surface area contributed by atoms with Crippen LogP contribution in [0.25, 0.3) is 0 Å². The van der Waals surface area contributed by atoms with Crippen molar-refractivity contribution in [2.75, 3.05) is 0 Å². The van der Waals surface area contributed by atoms with Gasteiger partial charge < -0.3 is 4.57 Å². The molecule has 14 heavy (non-hydrogen) atoms. The molecular weight excluding hydrogens is 240 g/mol. The Morgan fingerprint density at radius 3 is 2.79 bits per heavy atom. The lowest BCUT2D eigenvalue weighted by Gasteiger charge is -2.06. The molecule has 1 aromatic rings. The van der Waals surface area contributed by atoms with Gasteiger partial charge in [-0.1, -0.05) is 25.7 Å². The fourth-order valence-corrected chi connectivity index (χ4v) is 2.66. The predicted molar refractivity (Wildman–Crippen MR) is 61.2 cm³/mol. The monoisotopic (exact) mass is 256 g/mol. The van der Waals surface area contributed by atoms with E-state index in [4.69, 9.17) is 0 Å². The number of hydrogen-bond acceptors (Lipinski definition) is 1. The van der Waals surface area contributed by atoms with Crippen LogP contribution in [0.4, 0.5) is 0 Å². The molecule has 3 heteroatoms. The Morgan fingerprint density at radius 1 is 1.50 bits per heavy atom. The SMILES string of the molecule is Cn1cnc(CCC2CCCC2)c1Br. The number of nitrogens with zero attached hydrogens (tertiary/aromatic N) is 2. The quantitative estimate of drug-likeness (QED) is 0.812. The average Bonchev–Trinajstić information content (AvgIpc) is 2.77. The highest BCUT2D eigenvalue weighted by Gasteiger charge is 2.16. The third kappa shape index (κ3) is 2.19. The van der Waals surface area contributed by atoms with Gasteiger partial charge >= 0.3 is 0 Å². The van der Waals surface area contributed by atoms with Crippen LogP contribution in [0.1, 0.15) is 37.8 Å². The second-order valence-electron chi connectivity index (χ2n) is 4.28. The summed E-state index contributed by atoms with van der Waals surface area (Å²) in [6.07, 6.45) is 10.1. The molecule has 1 aliphatic rings. The van der Waals surface area contributed by atoms with E-state index in [9.17, 15) is 0 Å². The topological polar surface area (TPSA) is 17.8 Å². The smallest absolute Gasteiger partial charge is 0.107 e. The molecule has 0 bridgehead atoms. The van der Waals surface area contributed by atoms with Gasteiger partial charge in [0.1, 0.15) is 4.60 Å². The van der Waals surface area contributed by atoms with Crippen LogP contribution in [0.3, 0.4) is 0 Å². The predicted octanol–water partition coefficient (Wildman–Crippen LogP) is 3.31. The molecule has 0 aromatic carbocycles. The van der Waals surface area contributed by atoms with E-state index in [2.05, 4.69) is 20.9 Å². The van der Waals surface area contributed by atoms with E-state index in [1.54, 1.807) is 0 Å². The van der Waals surface area contributed by atoms with E-state index in [1.165, 1.54) is 37.8 Å². The third-order valence-electron chi connectivity index (χ3n) is 3.20. The molecule has 0 aliphatic heterocycles. The van der Waals surface area contributed by atoms with E-state index in [-0.39, 0.29) is 0 Å². The van der Waals surface area contributed by atoms with Gasteiger partial charge in [-0.25, -0.2) is 4.98 Å². The lowest BCUT2D eigenvalue weighted by molar-refractivity contribution is 0.500. The number of hydrogen-bond donors (Lipinski definition) is 0. The molecule has 1 aromatic heterocycles. The van der Waals surface area contributed by atoms with Crippen LogP contribution < -0.4 is 0 Å². The van der Waals surface area contributed by atoms with Crippen molar-refractivity contribution < 1.29 is 0 Å². The molecule has 0 unspecified atom stereocenters. The maximum absolute atomic E-state index is 4.39. The summed E-state index contributed by atoms with van der Waals surface area (Å²) in [5, 5.41) is 0. The van der Waals surface area contributed by atoms with Crippen molar-refractivity contribution in [2.45, 2.75) is 38.5 Å². The van der Waals surface area contributed by atoms with Crippen LogP contribution >= 0.6 is 15.9 Å². The molecular formula is C11H17BrN2. The molecule has 0 saturated heterocycles. The summed E-state index contributed by atoms with van der Waals surface area (Å²) in [6.45, 7) is 0. The van der Waals surface area contributed by atoms with E-state index < -0.39 is 0 Å². The van der Waals surface area contributed by atoms with Crippen molar-refractivity contribution in [3.05, 3.63) is 16.6 Å². The van der Waals surface area contributed by atoms with Crippen LogP contribution in [-0.4, -0.2) is 9.55 Å². The summed E-state index contributed by atoms with van der Waals surface area (Å²) < 4.78 is 3.18. The first-order valence-electron chi connectivity index (χ1n) is 5.43. The van der Waals surface area contributed by atoms with Crippen molar-refractivity contribution in [1.29, 1.82) is 0 Å². The molecule has 1 saturated carbocycles. The summed E-state index contributed by atoms with van der Waals surface area (Å²) in [6, 6.07) is 0. The van der Waals surface area contributed by atoms with Crippen LogP contribution in [0, 0.1) is 5.92 Å². The van der Waals surface area contributed by atoms with Gasteiger partial charge in [-0.05, 0) is 34.7 Å². The number of aromatic nitrogens is 2. The molecule has 0 amide bonds. The second-order valence-corrected chi connectivity index (χ2v) is 5.03. The van der Waals surface area contributed by atoms with Gasteiger partial charge in [0.2, 0.25) is 0 Å². The third-order valence-corrected chi connectivity index (χ3v) is 4.22. The Kier molecular flexibility index (Phi) is 3.26. The zero-order valence-electron chi connectivity index (χ0n) is 8.67. The average molecular weight is 257 g/mol.